The van der Waals surface area contributed by atoms with Crippen molar-refractivity contribution >= 4 is 10.8 Å². The standard InChI is InChI=1S/C16H20O2.2CH4/c1-3-13(2)17-10-11-18-16-9-8-14-6-4-5-7-15(14)12-16;;/h4-9,12-13H,3,10-11H2,1-2H3;2*1H4. The number of ether oxygens (including phenoxy) is 2. The summed E-state index contributed by atoms with van der Waals surface area (Å²) in [6, 6.07) is 14.4. The number of rotatable bonds is 6. The van der Waals surface area contributed by atoms with Crippen LogP contribution in [0.25, 0.3) is 10.8 Å². The van der Waals surface area contributed by atoms with Gasteiger partial charge in [-0.15, -0.1) is 0 Å². The van der Waals surface area contributed by atoms with Gasteiger partial charge in [-0.05, 0) is 36.2 Å². The fourth-order valence-corrected chi connectivity index (χ4v) is 1.78. The van der Waals surface area contributed by atoms with Crippen LogP contribution in [0.15, 0.2) is 42.5 Å². The van der Waals surface area contributed by atoms with E-state index in [0.29, 0.717) is 19.3 Å². The molecule has 20 heavy (non-hydrogen) atoms. The molecule has 0 amide bonds. The molecule has 0 saturated heterocycles. The minimum Gasteiger partial charge on any atom is -0.491 e. The van der Waals surface area contributed by atoms with Crippen LogP contribution < -0.4 is 4.74 Å². The van der Waals surface area contributed by atoms with Crippen molar-refractivity contribution in [2.45, 2.75) is 41.2 Å². The summed E-state index contributed by atoms with van der Waals surface area (Å²) >= 11 is 0. The van der Waals surface area contributed by atoms with E-state index in [-0.39, 0.29) is 14.9 Å². The van der Waals surface area contributed by atoms with Crippen molar-refractivity contribution in [3.63, 3.8) is 0 Å². The van der Waals surface area contributed by atoms with E-state index in [1.807, 2.05) is 18.2 Å². The maximum atomic E-state index is 5.68. The maximum absolute atomic E-state index is 5.68. The highest BCUT2D eigenvalue weighted by atomic mass is 16.5. The van der Waals surface area contributed by atoms with Crippen molar-refractivity contribution in [1.29, 1.82) is 0 Å². The molecule has 0 N–H and O–H groups in total. The first kappa shape index (κ1) is 18.5. The van der Waals surface area contributed by atoms with E-state index in [1.54, 1.807) is 0 Å². The Hall–Kier alpha value is -1.54. The molecule has 0 heterocycles. The summed E-state index contributed by atoms with van der Waals surface area (Å²) in [6.45, 7) is 5.44. The quantitative estimate of drug-likeness (QED) is 0.666. The number of benzene rings is 2. The number of fused-ring (bicyclic) bond motifs is 1. The Kier molecular flexibility index (Phi) is 8.66. The van der Waals surface area contributed by atoms with Gasteiger partial charge in [0.1, 0.15) is 12.4 Å². The van der Waals surface area contributed by atoms with Crippen molar-refractivity contribution in [2.24, 2.45) is 0 Å². The summed E-state index contributed by atoms with van der Waals surface area (Å²) in [7, 11) is 0. The summed E-state index contributed by atoms with van der Waals surface area (Å²) < 4.78 is 11.3. The summed E-state index contributed by atoms with van der Waals surface area (Å²) in [4.78, 5) is 0. The molecular weight excluding hydrogens is 248 g/mol. The van der Waals surface area contributed by atoms with Crippen molar-refractivity contribution in [3.05, 3.63) is 42.5 Å². The van der Waals surface area contributed by atoms with Crippen molar-refractivity contribution in [3.8, 4) is 5.75 Å². The molecule has 112 valence electrons. The van der Waals surface area contributed by atoms with Gasteiger partial charge < -0.3 is 9.47 Å². The topological polar surface area (TPSA) is 18.5 Å². The Bertz CT molecular complexity index is 493. The van der Waals surface area contributed by atoms with Crippen LogP contribution in [0.4, 0.5) is 0 Å². The van der Waals surface area contributed by atoms with E-state index in [9.17, 15) is 0 Å². The van der Waals surface area contributed by atoms with Gasteiger partial charge >= 0.3 is 0 Å². The summed E-state index contributed by atoms with van der Waals surface area (Å²) in [6.07, 6.45) is 1.35. The Labute approximate surface area is 123 Å². The van der Waals surface area contributed by atoms with Crippen LogP contribution >= 0.6 is 0 Å². The van der Waals surface area contributed by atoms with Crippen LogP contribution in [0.3, 0.4) is 0 Å². The van der Waals surface area contributed by atoms with Crippen LogP contribution in [0, 0.1) is 0 Å². The minimum absolute atomic E-state index is 0. The van der Waals surface area contributed by atoms with Crippen molar-refractivity contribution in [2.75, 3.05) is 13.2 Å². The van der Waals surface area contributed by atoms with E-state index < -0.39 is 0 Å². The zero-order chi connectivity index (χ0) is 12.8. The smallest absolute Gasteiger partial charge is 0.120 e. The Morgan fingerprint density at radius 2 is 1.65 bits per heavy atom. The van der Waals surface area contributed by atoms with Crippen LogP contribution in [0.1, 0.15) is 35.1 Å². The zero-order valence-corrected chi connectivity index (χ0v) is 11.1. The van der Waals surface area contributed by atoms with Crippen LogP contribution in [-0.4, -0.2) is 19.3 Å². The van der Waals surface area contributed by atoms with E-state index >= 15 is 0 Å². The first-order chi connectivity index (χ1) is 8.79. The minimum atomic E-state index is 0. The molecule has 2 heteroatoms. The molecule has 0 aromatic heterocycles. The monoisotopic (exact) mass is 276 g/mol. The lowest BCUT2D eigenvalue weighted by Crippen LogP contribution is -2.13. The molecule has 2 aromatic rings. The molecular formula is C18H28O2. The Balaban J connectivity index is 0.00000180. The lowest BCUT2D eigenvalue weighted by Gasteiger charge is -2.11. The molecule has 1 unspecified atom stereocenters. The fourth-order valence-electron chi connectivity index (χ4n) is 1.78. The summed E-state index contributed by atoms with van der Waals surface area (Å²) in [5, 5.41) is 2.44. The molecule has 0 aliphatic carbocycles. The molecule has 1 atom stereocenters. The third-order valence-corrected chi connectivity index (χ3v) is 3.05. The predicted octanol–water partition coefficient (Wildman–Crippen LogP) is 5.31. The largest absolute Gasteiger partial charge is 0.491 e. The first-order valence-electron chi connectivity index (χ1n) is 6.53. The van der Waals surface area contributed by atoms with E-state index in [0.717, 1.165) is 12.2 Å². The number of hydrogen-bond donors (Lipinski definition) is 0. The average Bonchev–Trinajstić information content (AvgIpc) is 2.43. The molecule has 0 saturated carbocycles. The van der Waals surface area contributed by atoms with E-state index in [2.05, 4.69) is 38.1 Å². The van der Waals surface area contributed by atoms with Gasteiger partial charge in [0.2, 0.25) is 0 Å². The fraction of sp³-hybridized carbons (Fsp3) is 0.444. The average molecular weight is 276 g/mol. The molecule has 2 aromatic carbocycles. The molecule has 2 nitrogen and oxygen atoms in total. The van der Waals surface area contributed by atoms with Crippen molar-refractivity contribution in [1.82, 2.24) is 0 Å². The van der Waals surface area contributed by atoms with Crippen LogP contribution in [0.2, 0.25) is 0 Å². The maximum Gasteiger partial charge on any atom is 0.120 e. The first-order valence-corrected chi connectivity index (χ1v) is 6.53. The lowest BCUT2D eigenvalue weighted by molar-refractivity contribution is 0.0427. The highest BCUT2D eigenvalue weighted by Gasteiger charge is 1.99. The van der Waals surface area contributed by atoms with Gasteiger partial charge in [0, 0.05) is 0 Å². The second-order valence-corrected chi connectivity index (χ2v) is 4.45. The molecule has 0 spiro atoms. The third-order valence-electron chi connectivity index (χ3n) is 3.05. The van der Waals surface area contributed by atoms with Gasteiger partial charge in [-0.2, -0.15) is 0 Å². The highest BCUT2D eigenvalue weighted by molar-refractivity contribution is 5.83. The summed E-state index contributed by atoms with van der Waals surface area (Å²) in [5.41, 5.74) is 0. The van der Waals surface area contributed by atoms with Gasteiger partial charge in [0.05, 0.1) is 12.7 Å². The lowest BCUT2D eigenvalue weighted by atomic mass is 10.1. The molecule has 0 aliphatic rings. The second kappa shape index (κ2) is 9.38. The third kappa shape index (κ3) is 5.22. The molecule has 0 bridgehead atoms. The Morgan fingerprint density at radius 3 is 2.35 bits per heavy atom. The van der Waals surface area contributed by atoms with Crippen LogP contribution in [-0.2, 0) is 4.74 Å². The van der Waals surface area contributed by atoms with Gasteiger partial charge in [-0.25, -0.2) is 0 Å². The van der Waals surface area contributed by atoms with Gasteiger partial charge in [0.25, 0.3) is 0 Å². The normalized spacial score (nSPS) is 11.3. The second-order valence-electron chi connectivity index (χ2n) is 4.45. The zero-order valence-electron chi connectivity index (χ0n) is 11.1. The Morgan fingerprint density at radius 1 is 0.950 bits per heavy atom. The van der Waals surface area contributed by atoms with Gasteiger partial charge in [-0.1, -0.05) is 52.1 Å². The highest BCUT2D eigenvalue weighted by Crippen LogP contribution is 2.20. The molecule has 0 radical (unpaired) electrons. The van der Waals surface area contributed by atoms with E-state index in [1.165, 1.54) is 10.8 Å². The van der Waals surface area contributed by atoms with Crippen LogP contribution in [0.5, 0.6) is 5.75 Å². The molecule has 2 rings (SSSR count). The molecule has 0 aliphatic heterocycles. The van der Waals surface area contributed by atoms with E-state index in [4.69, 9.17) is 9.47 Å². The molecule has 0 fully saturated rings. The summed E-state index contributed by atoms with van der Waals surface area (Å²) in [5.74, 6) is 0.904. The number of hydrogen-bond acceptors (Lipinski definition) is 2. The van der Waals surface area contributed by atoms with Gasteiger partial charge in [-0.3, -0.25) is 0 Å². The van der Waals surface area contributed by atoms with Crippen molar-refractivity contribution < 1.29 is 9.47 Å². The van der Waals surface area contributed by atoms with Gasteiger partial charge in [0.15, 0.2) is 0 Å². The predicted molar refractivity (Wildman–Crippen MR) is 88.6 cm³/mol. The SMILES string of the molecule is C.C.CCC(C)OCCOc1ccc2ccccc2c1.